The molecule has 3 aromatic rings. The van der Waals surface area contributed by atoms with Crippen molar-refractivity contribution in [3.05, 3.63) is 66.2 Å². The lowest BCUT2D eigenvalue weighted by molar-refractivity contribution is -0.117. The van der Waals surface area contributed by atoms with Gasteiger partial charge in [0, 0.05) is 11.6 Å². The summed E-state index contributed by atoms with van der Waals surface area (Å²) in [4.78, 5) is 12.5. The first-order valence-electron chi connectivity index (χ1n) is 8.05. The van der Waals surface area contributed by atoms with E-state index in [4.69, 9.17) is 0 Å². The lowest BCUT2D eigenvalue weighted by Gasteiger charge is -2.09. The number of nitrogens with zero attached hydrogens (tertiary/aromatic N) is 2. The Bertz CT molecular complexity index is 852. The van der Waals surface area contributed by atoms with E-state index in [9.17, 15) is 4.79 Å². The van der Waals surface area contributed by atoms with E-state index < -0.39 is 0 Å². The first-order chi connectivity index (χ1) is 12.3. The first-order valence-corrected chi connectivity index (χ1v) is 8.87. The van der Waals surface area contributed by atoms with Crippen molar-refractivity contribution in [2.45, 2.75) is 18.5 Å². The fraction of sp³-hybridized carbons (Fsp3) is 0.167. The van der Waals surface area contributed by atoms with Gasteiger partial charge >= 0.3 is 0 Å². The largest absolute Gasteiger partial charge is 0.299 e. The predicted octanol–water partition coefficient (Wildman–Crippen LogP) is 2.75. The molecule has 4 rings (SSSR count). The zero-order valence-corrected chi connectivity index (χ0v) is 14.2. The molecule has 6 nitrogen and oxygen atoms in total. The average Bonchev–Trinajstić information content (AvgIpc) is 3.33. The van der Waals surface area contributed by atoms with Gasteiger partial charge in [0.25, 0.3) is 0 Å². The van der Waals surface area contributed by atoms with Gasteiger partial charge in [-0.1, -0.05) is 72.0 Å². The lowest BCUT2D eigenvalue weighted by Crippen LogP contribution is -2.39. The number of anilines is 1. The van der Waals surface area contributed by atoms with Crippen molar-refractivity contribution in [1.82, 2.24) is 21.0 Å². The third kappa shape index (κ3) is 3.58. The van der Waals surface area contributed by atoms with Crippen molar-refractivity contribution in [2.75, 3.05) is 5.32 Å². The minimum Gasteiger partial charge on any atom is -0.299 e. The molecule has 1 saturated heterocycles. The predicted molar refractivity (Wildman–Crippen MR) is 97.8 cm³/mol. The molecule has 2 atom stereocenters. The number of benzene rings is 2. The highest BCUT2D eigenvalue weighted by atomic mass is 32.1. The van der Waals surface area contributed by atoms with E-state index in [0.29, 0.717) is 11.6 Å². The number of rotatable bonds is 4. The maximum Gasteiger partial charge on any atom is 0.244 e. The Morgan fingerprint density at radius 2 is 1.72 bits per heavy atom. The highest BCUT2D eigenvalue weighted by molar-refractivity contribution is 7.18. The van der Waals surface area contributed by atoms with Crippen LogP contribution in [0, 0.1) is 0 Å². The topological polar surface area (TPSA) is 78.9 Å². The van der Waals surface area contributed by atoms with E-state index in [1.807, 2.05) is 48.5 Å². The number of amides is 1. The van der Waals surface area contributed by atoms with E-state index in [1.165, 1.54) is 11.3 Å². The molecule has 25 heavy (non-hydrogen) atoms. The van der Waals surface area contributed by atoms with Gasteiger partial charge in [-0.3, -0.25) is 10.1 Å². The summed E-state index contributed by atoms with van der Waals surface area (Å²) in [5, 5.41) is 12.4. The first kappa shape index (κ1) is 15.9. The standard InChI is InChI=1S/C18H17N5OS/c24-16(15-11-14(20-21-15)12-7-3-1-4-8-12)19-18-23-22-17(25-18)13-9-5-2-6-10-13/h1-10,14-15,20-21H,11H2,(H,19,23,24). The second kappa shape index (κ2) is 7.10. The summed E-state index contributed by atoms with van der Waals surface area (Å²) < 4.78 is 0. The van der Waals surface area contributed by atoms with Crippen LogP contribution in [0.15, 0.2) is 60.7 Å². The van der Waals surface area contributed by atoms with Crippen molar-refractivity contribution in [3.8, 4) is 10.6 Å². The molecule has 0 bridgehead atoms. The number of hydrogen-bond donors (Lipinski definition) is 3. The molecular formula is C18H17N5OS. The van der Waals surface area contributed by atoms with Crippen LogP contribution in [0.5, 0.6) is 0 Å². The van der Waals surface area contributed by atoms with E-state index in [0.717, 1.165) is 16.1 Å². The molecule has 1 aliphatic rings. The lowest BCUT2D eigenvalue weighted by atomic mass is 10.0. The molecule has 1 fully saturated rings. The second-order valence-electron chi connectivity index (χ2n) is 5.81. The van der Waals surface area contributed by atoms with Gasteiger partial charge in [0.15, 0.2) is 0 Å². The highest BCUT2D eigenvalue weighted by Crippen LogP contribution is 2.27. The second-order valence-corrected chi connectivity index (χ2v) is 6.79. The molecule has 2 heterocycles. The molecule has 0 aliphatic carbocycles. The molecule has 126 valence electrons. The summed E-state index contributed by atoms with van der Waals surface area (Å²) in [5.74, 6) is -0.110. The van der Waals surface area contributed by atoms with Crippen LogP contribution in [-0.4, -0.2) is 22.1 Å². The summed E-state index contributed by atoms with van der Waals surface area (Å²) in [6.07, 6.45) is 0.681. The van der Waals surface area contributed by atoms with Gasteiger partial charge in [-0.05, 0) is 12.0 Å². The summed E-state index contributed by atoms with van der Waals surface area (Å²) in [7, 11) is 0. The van der Waals surface area contributed by atoms with Gasteiger partial charge in [0.1, 0.15) is 11.0 Å². The molecule has 0 spiro atoms. The van der Waals surface area contributed by atoms with Crippen molar-refractivity contribution in [2.24, 2.45) is 0 Å². The van der Waals surface area contributed by atoms with E-state index in [2.05, 4.69) is 38.5 Å². The number of nitrogens with one attached hydrogen (secondary N) is 3. The Hall–Kier alpha value is -2.61. The van der Waals surface area contributed by atoms with Crippen LogP contribution in [0.4, 0.5) is 5.13 Å². The quantitative estimate of drug-likeness (QED) is 0.674. The van der Waals surface area contributed by atoms with Gasteiger partial charge in [0.2, 0.25) is 11.0 Å². The Balaban J connectivity index is 1.39. The van der Waals surface area contributed by atoms with E-state index in [-0.39, 0.29) is 18.0 Å². The summed E-state index contributed by atoms with van der Waals surface area (Å²) in [6, 6.07) is 19.7. The molecule has 0 radical (unpaired) electrons. The summed E-state index contributed by atoms with van der Waals surface area (Å²) in [5.41, 5.74) is 8.39. The molecule has 3 N–H and O–H groups in total. The van der Waals surface area contributed by atoms with Crippen LogP contribution in [0.25, 0.3) is 10.6 Å². The minimum atomic E-state index is -0.311. The van der Waals surface area contributed by atoms with Crippen LogP contribution in [-0.2, 0) is 4.79 Å². The highest BCUT2D eigenvalue weighted by Gasteiger charge is 2.30. The third-order valence-electron chi connectivity index (χ3n) is 4.10. The summed E-state index contributed by atoms with van der Waals surface area (Å²) in [6.45, 7) is 0. The van der Waals surface area contributed by atoms with Crippen molar-refractivity contribution < 1.29 is 4.79 Å². The molecule has 1 aromatic heterocycles. The van der Waals surface area contributed by atoms with Gasteiger partial charge in [-0.25, -0.2) is 10.9 Å². The minimum absolute atomic E-state index is 0.110. The Morgan fingerprint density at radius 1 is 1.00 bits per heavy atom. The van der Waals surface area contributed by atoms with Crippen molar-refractivity contribution in [3.63, 3.8) is 0 Å². The SMILES string of the molecule is O=C(Nc1nnc(-c2ccccc2)s1)C1CC(c2ccccc2)NN1. The molecule has 1 amide bonds. The van der Waals surface area contributed by atoms with Crippen LogP contribution in [0.3, 0.4) is 0 Å². The van der Waals surface area contributed by atoms with Crippen LogP contribution in [0.1, 0.15) is 18.0 Å². The van der Waals surface area contributed by atoms with Gasteiger partial charge in [-0.2, -0.15) is 0 Å². The van der Waals surface area contributed by atoms with Gasteiger partial charge in [0.05, 0.1) is 0 Å². The van der Waals surface area contributed by atoms with Gasteiger partial charge in [-0.15, -0.1) is 10.2 Å². The van der Waals surface area contributed by atoms with Crippen LogP contribution in [0.2, 0.25) is 0 Å². The fourth-order valence-electron chi connectivity index (χ4n) is 2.80. The average molecular weight is 351 g/mol. The normalized spacial score (nSPS) is 19.7. The van der Waals surface area contributed by atoms with Crippen molar-refractivity contribution in [1.29, 1.82) is 0 Å². The van der Waals surface area contributed by atoms with Crippen LogP contribution >= 0.6 is 11.3 Å². The molecule has 0 saturated carbocycles. The number of carbonyl (C=O) groups excluding carboxylic acids is 1. The number of hydrogen-bond acceptors (Lipinski definition) is 6. The third-order valence-corrected chi connectivity index (χ3v) is 4.99. The van der Waals surface area contributed by atoms with E-state index >= 15 is 0 Å². The van der Waals surface area contributed by atoms with Gasteiger partial charge < -0.3 is 0 Å². The van der Waals surface area contributed by atoms with Crippen molar-refractivity contribution >= 4 is 22.4 Å². The molecule has 2 unspecified atom stereocenters. The maximum atomic E-state index is 12.5. The zero-order valence-electron chi connectivity index (χ0n) is 13.3. The molecular weight excluding hydrogens is 334 g/mol. The van der Waals surface area contributed by atoms with E-state index in [1.54, 1.807) is 0 Å². The number of hydrazine groups is 1. The smallest absolute Gasteiger partial charge is 0.244 e. The Morgan fingerprint density at radius 3 is 2.48 bits per heavy atom. The summed E-state index contributed by atoms with van der Waals surface area (Å²) >= 11 is 1.37. The molecule has 2 aromatic carbocycles. The number of aromatic nitrogens is 2. The Labute approximate surface area is 149 Å². The van der Waals surface area contributed by atoms with Crippen LogP contribution < -0.4 is 16.2 Å². The monoisotopic (exact) mass is 351 g/mol. The molecule has 1 aliphatic heterocycles. The fourth-order valence-corrected chi connectivity index (χ4v) is 3.55. The molecule has 7 heteroatoms. The maximum absolute atomic E-state index is 12.5. The zero-order chi connectivity index (χ0) is 17.1. The number of carbonyl (C=O) groups is 1. The Kier molecular flexibility index (Phi) is 4.51.